The molecule has 1 heterocycles. The third-order valence-corrected chi connectivity index (χ3v) is 5.04. The van der Waals surface area contributed by atoms with Crippen molar-refractivity contribution < 1.29 is 23.4 Å². The van der Waals surface area contributed by atoms with Gasteiger partial charge in [-0.05, 0) is 65.7 Å². The largest absolute Gasteiger partial charge is 0.493 e. The summed E-state index contributed by atoms with van der Waals surface area (Å²) in [5.41, 5.74) is 2.44. The highest BCUT2D eigenvalue weighted by Gasteiger charge is 2.24. The molecule has 0 aromatic heterocycles. The highest BCUT2D eigenvalue weighted by molar-refractivity contribution is 9.10. The van der Waals surface area contributed by atoms with Crippen LogP contribution in [0.2, 0.25) is 0 Å². The summed E-state index contributed by atoms with van der Waals surface area (Å²) in [5.74, 6) is 0.473. The van der Waals surface area contributed by atoms with Gasteiger partial charge in [0.1, 0.15) is 12.4 Å². The third kappa shape index (κ3) is 5.00. The number of cyclic esters (lactones) is 1. The van der Waals surface area contributed by atoms with Crippen LogP contribution in [-0.2, 0) is 16.1 Å². The van der Waals surface area contributed by atoms with E-state index in [-0.39, 0.29) is 24.0 Å². The molecule has 3 aromatic carbocycles. The van der Waals surface area contributed by atoms with E-state index in [1.807, 2.05) is 24.3 Å². The molecule has 0 fully saturated rings. The Morgan fingerprint density at radius 2 is 1.77 bits per heavy atom. The number of ether oxygens (including phenoxy) is 3. The minimum atomic E-state index is -0.520. The number of nitrogens with zero attached hydrogens (tertiary/aromatic N) is 1. The molecule has 156 valence electrons. The first-order chi connectivity index (χ1) is 15.0. The van der Waals surface area contributed by atoms with Crippen LogP contribution in [0.15, 0.2) is 81.9 Å². The number of aliphatic imine (C=N–C) groups is 1. The highest BCUT2D eigenvalue weighted by Crippen LogP contribution is 2.30. The SMILES string of the molecule is COc1cc(C=C2N=C(c3ccc(Br)cc3)OC2=O)ccc1OCc1ccc(F)cc1. The van der Waals surface area contributed by atoms with Crippen LogP contribution in [0.3, 0.4) is 0 Å². The molecule has 1 aliphatic heterocycles. The zero-order chi connectivity index (χ0) is 21.8. The average Bonchev–Trinajstić information content (AvgIpc) is 3.14. The maximum absolute atomic E-state index is 13.0. The van der Waals surface area contributed by atoms with Gasteiger partial charge in [-0.15, -0.1) is 0 Å². The van der Waals surface area contributed by atoms with Crippen LogP contribution in [0.1, 0.15) is 16.7 Å². The summed E-state index contributed by atoms with van der Waals surface area (Å²) in [4.78, 5) is 16.6. The van der Waals surface area contributed by atoms with Gasteiger partial charge in [0.15, 0.2) is 17.2 Å². The molecule has 0 unspecified atom stereocenters. The van der Waals surface area contributed by atoms with Gasteiger partial charge in [-0.1, -0.05) is 34.1 Å². The van der Waals surface area contributed by atoms with E-state index in [4.69, 9.17) is 14.2 Å². The lowest BCUT2D eigenvalue weighted by Crippen LogP contribution is -2.05. The quantitative estimate of drug-likeness (QED) is 0.343. The number of hydrogen-bond donors (Lipinski definition) is 0. The van der Waals surface area contributed by atoms with Crippen LogP contribution in [0, 0.1) is 5.82 Å². The predicted octanol–water partition coefficient (Wildman–Crippen LogP) is 5.52. The molecule has 5 nitrogen and oxygen atoms in total. The van der Waals surface area contributed by atoms with E-state index in [1.54, 1.807) is 36.4 Å². The second kappa shape index (κ2) is 9.14. The van der Waals surface area contributed by atoms with Crippen LogP contribution >= 0.6 is 15.9 Å². The molecule has 31 heavy (non-hydrogen) atoms. The van der Waals surface area contributed by atoms with Gasteiger partial charge in [-0.25, -0.2) is 14.2 Å². The second-order valence-corrected chi connectivity index (χ2v) is 7.58. The lowest BCUT2D eigenvalue weighted by atomic mass is 10.1. The molecule has 0 spiro atoms. The minimum absolute atomic E-state index is 0.194. The van der Waals surface area contributed by atoms with Gasteiger partial charge in [0.25, 0.3) is 0 Å². The van der Waals surface area contributed by atoms with Crippen LogP contribution in [-0.4, -0.2) is 19.0 Å². The van der Waals surface area contributed by atoms with E-state index in [0.717, 1.165) is 10.0 Å². The van der Waals surface area contributed by atoms with E-state index in [0.29, 0.717) is 22.6 Å². The fourth-order valence-electron chi connectivity index (χ4n) is 2.92. The molecule has 0 N–H and O–H groups in total. The van der Waals surface area contributed by atoms with Crippen molar-refractivity contribution in [3.8, 4) is 11.5 Å². The molecule has 7 heteroatoms. The number of benzene rings is 3. The van der Waals surface area contributed by atoms with E-state index in [9.17, 15) is 9.18 Å². The third-order valence-electron chi connectivity index (χ3n) is 4.51. The Hall–Kier alpha value is -3.45. The Morgan fingerprint density at radius 1 is 1.03 bits per heavy atom. The summed E-state index contributed by atoms with van der Waals surface area (Å²) < 4.78 is 30.5. The molecule has 3 aromatic rings. The highest BCUT2D eigenvalue weighted by atomic mass is 79.9. The minimum Gasteiger partial charge on any atom is -0.493 e. The van der Waals surface area contributed by atoms with E-state index < -0.39 is 5.97 Å². The van der Waals surface area contributed by atoms with Crippen LogP contribution < -0.4 is 9.47 Å². The Labute approximate surface area is 186 Å². The first kappa shape index (κ1) is 20.8. The van der Waals surface area contributed by atoms with E-state index in [2.05, 4.69) is 20.9 Å². The standard InChI is InChI=1S/C24H17BrFNO4/c1-29-22-13-16(4-11-21(22)30-14-15-2-9-19(26)10-3-15)12-20-24(28)31-23(27-20)17-5-7-18(25)8-6-17/h2-13H,14H2,1H3. The number of esters is 1. The smallest absolute Gasteiger partial charge is 0.363 e. The van der Waals surface area contributed by atoms with Crippen molar-refractivity contribution in [2.75, 3.05) is 7.11 Å². The second-order valence-electron chi connectivity index (χ2n) is 6.67. The Bertz CT molecular complexity index is 1170. The molecule has 1 aliphatic rings. The van der Waals surface area contributed by atoms with Gasteiger partial charge < -0.3 is 14.2 Å². The molecule has 4 rings (SSSR count). The molecule has 0 saturated heterocycles. The summed E-state index contributed by atoms with van der Waals surface area (Å²) in [6, 6.07) is 18.7. The van der Waals surface area contributed by atoms with Gasteiger partial charge in [-0.3, -0.25) is 0 Å². The summed E-state index contributed by atoms with van der Waals surface area (Å²) in [5, 5.41) is 0. The van der Waals surface area contributed by atoms with Crippen molar-refractivity contribution in [2.45, 2.75) is 6.61 Å². The summed E-state index contributed by atoms with van der Waals surface area (Å²) in [6.07, 6.45) is 1.63. The molecule has 0 saturated carbocycles. The van der Waals surface area contributed by atoms with Gasteiger partial charge in [0.05, 0.1) is 7.11 Å². The molecule has 0 aliphatic carbocycles. The first-order valence-corrected chi connectivity index (χ1v) is 10.1. The van der Waals surface area contributed by atoms with E-state index in [1.165, 1.54) is 19.2 Å². The normalized spacial score (nSPS) is 14.4. The van der Waals surface area contributed by atoms with Crippen LogP contribution in [0.4, 0.5) is 4.39 Å². The summed E-state index contributed by atoms with van der Waals surface area (Å²) >= 11 is 3.37. The molecule has 0 bridgehead atoms. The predicted molar refractivity (Wildman–Crippen MR) is 118 cm³/mol. The maximum Gasteiger partial charge on any atom is 0.363 e. The topological polar surface area (TPSA) is 57.1 Å². The van der Waals surface area contributed by atoms with Crippen molar-refractivity contribution in [3.05, 3.63) is 99.4 Å². The molecule has 0 amide bonds. The van der Waals surface area contributed by atoms with Gasteiger partial charge in [0, 0.05) is 10.0 Å². The number of carbonyl (C=O) groups is 1. The van der Waals surface area contributed by atoms with E-state index >= 15 is 0 Å². The fraction of sp³-hybridized carbons (Fsp3) is 0.0833. The maximum atomic E-state index is 13.0. The number of rotatable bonds is 6. The summed E-state index contributed by atoms with van der Waals surface area (Å²) in [7, 11) is 1.53. The number of halogens is 2. The van der Waals surface area contributed by atoms with Gasteiger partial charge in [-0.2, -0.15) is 0 Å². The Kier molecular flexibility index (Phi) is 6.13. The Balaban J connectivity index is 1.52. The first-order valence-electron chi connectivity index (χ1n) is 9.35. The number of hydrogen-bond acceptors (Lipinski definition) is 5. The van der Waals surface area contributed by atoms with Gasteiger partial charge >= 0.3 is 5.97 Å². The van der Waals surface area contributed by atoms with Crippen molar-refractivity contribution in [1.82, 2.24) is 0 Å². The molecular weight excluding hydrogens is 465 g/mol. The lowest BCUT2D eigenvalue weighted by Gasteiger charge is -2.11. The summed E-state index contributed by atoms with van der Waals surface area (Å²) in [6.45, 7) is 0.268. The van der Waals surface area contributed by atoms with Crippen molar-refractivity contribution in [2.24, 2.45) is 4.99 Å². The lowest BCUT2D eigenvalue weighted by molar-refractivity contribution is -0.129. The molecule has 0 atom stereocenters. The zero-order valence-corrected chi connectivity index (χ0v) is 18.1. The Morgan fingerprint density at radius 3 is 2.48 bits per heavy atom. The zero-order valence-electron chi connectivity index (χ0n) is 16.5. The van der Waals surface area contributed by atoms with Crippen molar-refractivity contribution >= 4 is 33.9 Å². The average molecular weight is 482 g/mol. The van der Waals surface area contributed by atoms with Gasteiger partial charge in [0.2, 0.25) is 5.90 Å². The molecule has 0 radical (unpaired) electrons. The fourth-order valence-corrected chi connectivity index (χ4v) is 3.18. The van der Waals surface area contributed by atoms with Crippen molar-refractivity contribution in [1.29, 1.82) is 0 Å². The van der Waals surface area contributed by atoms with Crippen molar-refractivity contribution in [3.63, 3.8) is 0 Å². The van der Waals surface area contributed by atoms with Crippen LogP contribution in [0.5, 0.6) is 11.5 Å². The number of carbonyl (C=O) groups excluding carboxylic acids is 1. The number of methoxy groups -OCH3 is 1. The molecular formula is C24H17BrFNO4. The monoisotopic (exact) mass is 481 g/mol. The van der Waals surface area contributed by atoms with Crippen LogP contribution in [0.25, 0.3) is 6.08 Å².